The van der Waals surface area contributed by atoms with Crippen LogP contribution in [0.25, 0.3) is 6.08 Å². The molecule has 0 bridgehead atoms. The van der Waals surface area contributed by atoms with Gasteiger partial charge in [-0.05, 0) is 35.6 Å². The summed E-state index contributed by atoms with van der Waals surface area (Å²) in [6, 6.07) is 6.25. The molecule has 2 rings (SSSR count). The Morgan fingerprint density at radius 2 is 1.71 bits per heavy atom. The highest BCUT2D eigenvalue weighted by Crippen LogP contribution is 2.28. The minimum Gasteiger partial charge on any atom is -0.478 e. The molecule has 114 valence electrons. The Balaban J connectivity index is 2.20. The van der Waals surface area contributed by atoms with Gasteiger partial charge in [-0.3, -0.25) is 0 Å². The van der Waals surface area contributed by atoms with E-state index in [9.17, 15) is 13.2 Å². The van der Waals surface area contributed by atoms with Crippen molar-refractivity contribution in [2.45, 2.75) is 18.7 Å². The number of sulfonamides is 1. The van der Waals surface area contributed by atoms with Crippen LogP contribution in [0.3, 0.4) is 0 Å². The van der Waals surface area contributed by atoms with Crippen LogP contribution in [0.4, 0.5) is 0 Å². The lowest BCUT2D eigenvalue weighted by Gasteiger charge is -2.16. The van der Waals surface area contributed by atoms with Gasteiger partial charge in [-0.15, -0.1) is 0 Å². The van der Waals surface area contributed by atoms with Crippen LogP contribution in [0.5, 0.6) is 0 Å². The van der Waals surface area contributed by atoms with Gasteiger partial charge < -0.3 is 5.11 Å². The van der Waals surface area contributed by atoms with E-state index in [0.717, 1.165) is 6.08 Å². The zero-order valence-electron chi connectivity index (χ0n) is 12.1. The minimum absolute atomic E-state index is 0.247. The highest BCUT2D eigenvalue weighted by atomic mass is 32.2. The van der Waals surface area contributed by atoms with Gasteiger partial charge in [0, 0.05) is 19.2 Å². The molecule has 1 aromatic rings. The average Bonchev–Trinajstić information content (AvgIpc) is 2.77. The van der Waals surface area contributed by atoms with Gasteiger partial charge in [0.05, 0.1) is 4.90 Å². The van der Waals surface area contributed by atoms with Gasteiger partial charge in [0.1, 0.15) is 0 Å². The molecule has 1 saturated heterocycles. The molecule has 0 spiro atoms. The van der Waals surface area contributed by atoms with Crippen molar-refractivity contribution in [1.82, 2.24) is 4.31 Å². The number of nitrogens with zero attached hydrogens (tertiary/aromatic N) is 1. The fourth-order valence-corrected chi connectivity index (χ4v) is 3.98. The molecule has 21 heavy (non-hydrogen) atoms. The Morgan fingerprint density at radius 1 is 1.19 bits per heavy atom. The van der Waals surface area contributed by atoms with E-state index in [1.165, 1.54) is 22.5 Å². The van der Waals surface area contributed by atoms with Gasteiger partial charge in [0.15, 0.2) is 0 Å². The third-order valence-corrected chi connectivity index (χ3v) is 5.74. The first-order chi connectivity index (χ1) is 9.80. The maximum atomic E-state index is 12.5. The number of hydrogen-bond donors (Lipinski definition) is 1. The first kappa shape index (κ1) is 15.7. The molecule has 1 aliphatic heterocycles. The summed E-state index contributed by atoms with van der Waals surface area (Å²) in [7, 11) is -3.46. The van der Waals surface area contributed by atoms with Crippen LogP contribution >= 0.6 is 0 Å². The van der Waals surface area contributed by atoms with Gasteiger partial charge in [0.25, 0.3) is 0 Å². The molecular formula is C15H19NO4S. The number of carboxylic acids is 1. The first-order valence-electron chi connectivity index (χ1n) is 6.82. The lowest BCUT2D eigenvalue weighted by atomic mass is 10.0. The zero-order valence-corrected chi connectivity index (χ0v) is 12.9. The molecule has 2 unspecified atom stereocenters. The maximum absolute atomic E-state index is 12.5. The molecule has 0 saturated carbocycles. The fourth-order valence-electron chi connectivity index (χ4n) is 2.34. The Bertz CT molecular complexity index is 639. The van der Waals surface area contributed by atoms with Crippen LogP contribution in [0, 0.1) is 11.8 Å². The van der Waals surface area contributed by atoms with Crippen molar-refractivity contribution < 1.29 is 18.3 Å². The van der Waals surface area contributed by atoms with Crippen molar-refractivity contribution in [3.05, 3.63) is 35.9 Å². The summed E-state index contributed by atoms with van der Waals surface area (Å²) in [4.78, 5) is 10.7. The van der Waals surface area contributed by atoms with Gasteiger partial charge in [-0.2, -0.15) is 4.31 Å². The Labute approximate surface area is 124 Å². The molecule has 1 aromatic carbocycles. The molecule has 2 atom stereocenters. The van der Waals surface area contributed by atoms with E-state index in [2.05, 4.69) is 13.8 Å². The van der Waals surface area contributed by atoms with Crippen LogP contribution in [-0.2, 0) is 14.8 Å². The van der Waals surface area contributed by atoms with Gasteiger partial charge >= 0.3 is 5.97 Å². The third-order valence-electron chi connectivity index (χ3n) is 3.89. The van der Waals surface area contributed by atoms with Gasteiger partial charge in [-0.1, -0.05) is 26.0 Å². The Hall–Kier alpha value is -1.66. The Morgan fingerprint density at radius 3 is 2.19 bits per heavy atom. The highest BCUT2D eigenvalue weighted by molar-refractivity contribution is 7.89. The molecule has 1 fully saturated rings. The first-order valence-corrected chi connectivity index (χ1v) is 8.26. The smallest absolute Gasteiger partial charge is 0.328 e. The van der Waals surface area contributed by atoms with Crippen molar-refractivity contribution in [2.24, 2.45) is 11.8 Å². The summed E-state index contributed by atoms with van der Waals surface area (Å²) in [6.45, 7) is 5.20. The van der Waals surface area contributed by atoms with Gasteiger partial charge in [0.2, 0.25) is 10.0 Å². The summed E-state index contributed by atoms with van der Waals surface area (Å²) in [5, 5.41) is 8.56. The van der Waals surface area contributed by atoms with Crippen molar-refractivity contribution >= 4 is 22.1 Å². The maximum Gasteiger partial charge on any atom is 0.328 e. The number of carboxylic acid groups (broad SMARTS) is 1. The summed E-state index contributed by atoms with van der Waals surface area (Å²) < 4.78 is 26.6. The molecule has 0 aromatic heterocycles. The molecule has 5 nitrogen and oxygen atoms in total. The number of carbonyl (C=O) groups is 1. The third kappa shape index (κ3) is 3.51. The SMILES string of the molecule is CC1CN(S(=O)(=O)c2ccc(C=CC(=O)O)cc2)CC1C. The number of hydrogen-bond acceptors (Lipinski definition) is 3. The Kier molecular flexibility index (Phi) is 4.49. The van der Waals surface area contributed by atoms with Crippen molar-refractivity contribution in [3.63, 3.8) is 0 Å². The standard InChI is InChI=1S/C15H19NO4S/c1-11-9-16(10-12(11)2)21(19,20)14-6-3-13(4-7-14)5-8-15(17)18/h3-8,11-12H,9-10H2,1-2H3,(H,17,18). The molecule has 1 heterocycles. The number of aliphatic carboxylic acids is 1. The molecule has 6 heteroatoms. The predicted octanol–water partition coefficient (Wildman–Crippen LogP) is 2.06. The normalized spacial score (nSPS) is 23.7. The second kappa shape index (κ2) is 5.99. The van der Waals surface area contributed by atoms with Crippen molar-refractivity contribution in [1.29, 1.82) is 0 Å². The largest absolute Gasteiger partial charge is 0.478 e. The highest BCUT2D eigenvalue weighted by Gasteiger charge is 2.34. The number of rotatable bonds is 4. The second-order valence-electron chi connectivity index (χ2n) is 5.52. The summed E-state index contributed by atoms with van der Waals surface area (Å²) in [5.41, 5.74) is 0.652. The molecule has 0 aliphatic carbocycles. The molecule has 0 amide bonds. The summed E-state index contributed by atoms with van der Waals surface area (Å²) in [5.74, 6) is -0.318. The van der Waals surface area contributed by atoms with Crippen molar-refractivity contribution in [3.8, 4) is 0 Å². The van der Waals surface area contributed by atoms with E-state index in [4.69, 9.17) is 5.11 Å². The quantitative estimate of drug-likeness (QED) is 0.864. The monoisotopic (exact) mass is 309 g/mol. The fraction of sp³-hybridized carbons (Fsp3) is 0.400. The lowest BCUT2D eigenvalue weighted by Crippen LogP contribution is -2.29. The van der Waals surface area contributed by atoms with E-state index >= 15 is 0 Å². The molecular weight excluding hydrogens is 290 g/mol. The predicted molar refractivity (Wildman–Crippen MR) is 80.2 cm³/mol. The van der Waals surface area contributed by atoms with Crippen molar-refractivity contribution in [2.75, 3.05) is 13.1 Å². The van der Waals surface area contributed by atoms with E-state index in [1.54, 1.807) is 12.1 Å². The van der Waals surface area contributed by atoms with E-state index < -0.39 is 16.0 Å². The van der Waals surface area contributed by atoms with Crippen LogP contribution in [0.1, 0.15) is 19.4 Å². The molecule has 1 N–H and O–H groups in total. The molecule has 0 radical (unpaired) electrons. The second-order valence-corrected chi connectivity index (χ2v) is 7.46. The van der Waals surface area contributed by atoms with Crippen LogP contribution in [0.15, 0.2) is 35.2 Å². The number of benzene rings is 1. The topological polar surface area (TPSA) is 74.7 Å². The average molecular weight is 309 g/mol. The van der Waals surface area contributed by atoms with E-state index in [0.29, 0.717) is 30.5 Å². The zero-order chi connectivity index (χ0) is 15.6. The van der Waals surface area contributed by atoms with Crippen LogP contribution in [0.2, 0.25) is 0 Å². The van der Waals surface area contributed by atoms with E-state index in [1.807, 2.05) is 0 Å². The minimum atomic E-state index is -3.46. The van der Waals surface area contributed by atoms with E-state index in [-0.39, 0.29) is 4.90 Å². The van der Waals surface area contributed by atoms with Crippen LogP contribution < -0.4 is 0 Å². The van der Waals surface area contributed by atoms with Crippen LogP contribution in [-0.4, -0.2) is 36.9 Å². The molecule has 1 aliphatic rings. The summed E-state index contributed by atoms with van der Waals surface area (Å²) >= 11 is 0. The van der Waals surface area contributed by atoms with Gasteiger partial charge in [-0.25, -0.2) is 13.2 Å². The summed E-state index contributed by atoms with van der Waals surface area (Å²) in [6.07, 6.45) is 2.45. The lowest BCUT2D eigenvalue weighted by molar-refractivity contribution is -0.131.